The van der Waals surface area contributed by atoms with Gasteiger partial charge in [0.25, 0.3) is 5.91 Å². The molecular formula is C30H24F3N5O. The number of carbonyl (C=O) groups excluding carboxylic acids is 1. The molecule has 1 amide bonds. The van der Waals surface area contributed by atoms with Crippen molar-refractivity contribution in [2.75, 3.05) is 31.1 Å². The highest BCUT2D eigenvalue weighted by atomic mass is 19.4. The molecule has 6 nitrogen and oxygen atoms in total. The van der Waals surface area contributed by atoms with Gasteiger partial charge in [0.15, 0.2) is 5.65 Å². The number of rotatable bonds is 4. The molecule has 0 bridgehead atoms. The van der Waals surface area contributed by atoms with Gasteiger partial charge in [-0.25, -0.2) is 9.50 Å². The number of benzene rings is 3. The molecule has 6 rings (SSSR count). The largest absolute Gasteiger partial charge is 0.416 e. The van der Waals surface area contributed by atoms with E-state index in [0.29, 0.717) is 43.2 Å². The van der Waals surface area contributed by atoms with Crippen molar-refractivity contribution in [1.82, 2.24) is 19.5 Å². The molecule has 2 aromatic heterocycles. The van der Waals surface area contributed by atoms with Gasteiger partial charge in [-0.05, 0) is 24.3 Å². The maximum Gasteiger partial charge on any atom is 0.416 e. The summed E-state index contributed by atoms with van der Waals surface area (Å²) in [6.07, 6.45) is -4.40. The van der Waals surface area contributed by atoms with Crippen LogP contribution < -0.4 is 4.90 Å². The fraction of sp³-hybridized carbons (Fsp3) is 0.167. The number of alkyl halides is 3. The van der Waals surface area contributed by atoms with Crippen LogP contribution in [0.15, 0.2) is 97.1 Å². The molecule has 0 radical (unpaired) electrons. The molecule has 3 aromatic carbocycles. The van der Waals surface area contributed by atoms with Crippen LogP contribution in [0.2, 0.25) is 0 Å². The van der Waals surface area contributed by atoms with Crippen molar-refractivity contribution in [3.63, 3.8) is 0 Å². The zero-order valence-electron chi connectivity index (χ0n) is 20.8. The second-order valence-electron chi connectivity index (χ2n) is 9.39. The van der Waals surface area contributed by atoms with Gasteiger partial charge in [0, 0.05) is 49.1 Å². The van der Waals surface area contributed by atoms with Crippen LogP contribution in [0.25, 0.3) is 28.2 Å². The SMILES string of the molecule is O=C(c1cc(-c2ccccc2)n2nc(-c3ccccc3)cc2n1)N1CCN(c2cccc(C(F)(F)F)c2)CC1. The highest BCUT2D eigenvalue weighted by Gasteiger charge is 2.31. The predicted molar refractivity (Wildman–Crippen MR) is 143 cm³/mol. The first-order valence-electron chi connectivity index (χ1n) is 12.6. The molecule has 3 heterocycles. The van der Waals surface area contributed by atoms with E-state index < -0.39 is 11.7 Å². The Morgan fingerprint density at radius 2 is 1.41 bits per heavy atom. The van der Waals surface area contributed by atoms with Crippen LogP contribution in [0.5, 0.6) is 0 Å². The lowest BCUT2D eigenvalue weighted by Crippen LogP contribution is -2.49. The van der Waals surface area contributed by atoms with E-state index in [1.54, 1.807) is 21.5 Å². The number of hydrogen-bond acceptors (Lipinski definition) is 4. The standard InChI is InChI=1S/C30H24F3N5O/c31-30(32,33)23-12-7-13-24(18-23)36-14-16-37(17-15-36)29(39)26-19-27(22-10-5-2-6-11-22)38-28(34-26)20-25(35-38)21-8-3-1-4-9-21/h1-13,18-20H,14-17H2. The maximum atomic E-state index is 13.6. The Bertz CT molecular complexity index is 1630. The van der Waals surface area contributed by atoms with E-state index in [0.717, 1.165) is 34.6 Å². The van der Waals surface area contributed by atoms with E-state index in [1.807, 2.05) is 71.6 Å². The lowest BCUT2D eigenvalue weighted by Gasteiger charge is -2.36. The minimum Gasteiger partial charge on any atom is -0.368 e. The average molecular weight is 528 g/mol. The third kappa shape index (κ3) is 4.95. The Labute approximate surface area is 222 Å². The Morgan fingerprint density at radius 1 is 0.744 bits per heavy atom. The molecule has 5 aromatic rings. The summed E-state index contributed by atoms with van der Waals surface area (Å²) >= 11 is 0. The van der Waals surface area contributed by atoms with Crippen LogP contribution in [-0.2, 0) is 6.18 Å². The third-order valence-electron chi connectivity index (χ3n) is 6.89. The lowest BCUT2D eigenvalue weighted by atomic mass is 10.1. The summed E-state index contributed by atoms with van der Waals surface area (Å²) in [5.74, 6) is -0.221. The van der Waals surface area contributed by atoms with Gasteiger partial charge in [0.2, 0.25) is 0 Å². The zero-order valence-corrected chi connectivity index (χ0v) is 20.8. The Hall–Kier alpha value is -4.66. The van der Waals surface area contributed by atoms with Crippen molar-refractivity contribution in [1.29, 1.82) is 0 Å². The summed E-state index contributed by atoms with van der Waals surface area (Å²) in [5.41, 5.74) is 4.01. The first-order valence-corrected chi connectivity index (χ1v) is 12.6. The van der Waals surface area contributed by atoms with E-state index in [4.69, 9.17) is 5.10 Å². The smallest absolute Gasteiger partial charge is 0.368 e. The number of halogens is 3. The highest BCUT2D eigenvalue weighted by molar-refractivity contribution is 5.94. The molecule has 0 unspecified atom stereocenters. The van der Waals surface area contributed by atoms with Crippen molar-refractivity contribution >= 4 is 17.2 Å². The first-order chi connectivity index (χ1) is 18.9. The monoisotopic (exact) mass is 527 g/mol. The van der Waals surface area contributed by atoms with E-state index in [9.17, 15) is 18.0 Å². The number of amides is 1. The second-order valence-corrected chi connectivity index (χ2v) is 9.39. The molecule has 1 aliphatic heterocycles. The minimum absolute atomic E-state index is 0.221. The molecule has 0 N–H and O–H groups in total. The van der Waals surface area contributed by atoms with Crippen molar-refractivity contribution in [3.05, 3.63) is 108 Å². The number of hydrogen-bond donors (Lipinski definition) is 0. The van der Waals surface area contributed by atoms with Crippen molar-refractivity contribution in [2.24, 2.45) is 0 Å². The fourth-order valence-electron chi connectivity index (χ4n) is 4.86. The number of carbonyl (C=O) groups is 1. The van der Waals surface area contributed by atoms with Gasteiger partial charge in [-0.15, -0.1) is 0 Å². The van der Waals surface area contributed by atoms with Gasteiger partial charge in [-0.2, -0.15) is 18.3 Å². The normalized spacial score (nSPS) is 14.1. The molecule has 1 aliphatic rings. The molecule has 0 atom stereocenters. The Balaban J connectivity index is 1.29. The van der Waals surface area contributed by atoms with E-state index >= 15 is 0 Å². The second kappa shape index (κ2) is 9.90. The van der Waals surface area contributed by atoms with E-state index in [1.165, 1.54) is 6.07 Å². The number of aromatic nitrogens is 3. The van der Waals surface area contributed by atoms with Gasteiger partial charge in [0.05, 0.1) is 17.0 Å². The first kappa shape index (κ1) is 24.7. The number of anilines is 1. The van der Waals surface area contributed by atoms with Crippen molar-refractivity contribution < 1.29 is 18.0 Å². The zero-order chi connectivity index (χ0) is 27.0. The van der Waals surface area contributed by atoms with Crippen molar-refractivity contribution in [2.45, 2.75) is 6.18 Å². The highest BCUT2D eigenvalue weighted by Crippen LogP contribution is 2.32. The van der Waals surface area contributed by atoms with Gasteiger partial charge in [-0.3, -0.25) is 4.79 Å². The predicted octanol–water partition coefficient (Wildman–Crippen LogP) is 6.04. The summed E-state index contributed by atoms with van der Waals surface area (Å²) in [5, 5.41) is 4.78. The van der Waals surface area contributed by atoms with Gasteiger partial charge in [0.1, 0.15) is 5.69 Å². The lowest BCUT2D eigenvalue weighted by molar-refractivity contribution is -0.137. The number of piperazine rings is 1. The van der Waals surface area contributed by atoms with Crippen LogP contribution in [0.4, 0.5) is 18.9 Å². The summed E-state index contributed by atoms with van der Waals surface area (Å²) in [6, 6.07) is 28.4. The summed E-state index contributed by atoms with van der Waals surface area (Å²) in [4.78, 5) is 21.8. The Morgan fingerprint density at radius 3 is 2.08 bits per heavy atom. The van der Waals surface area contributed by atoms with E-state index in [-0.39, 0.29) is 5.91 Å². The third-order valence-corrected chi connectivity index (χ3v) is 6.89. The Kier molecular flexibility index (Phi) is 6.26. The number of fused-ring (bicyclic) bond motifs is 1. The van der Waals surface area contributed by atoms with Crippen LogP contribution in [0, 0.1) is 0 Å². The number of nitrogens with zero attached hydrogens (tertiary/aromatic N) is 5. The van der Waals surface area contributed by atoms with Crippen molar-refractivity contribution in [3.8, 4) is 22.5 Å². The van der Waals surface area contributed by atoms with Crippen LogP contribution in [-0.4, -0.2) is 51.6 Å². The molecule has 0 saturated carbocycles. The summed E-state index contributed by atoms with van der Waals surface area (Å²) in [6.45, 7) is 1.59. The van der Waals surface area contributed by atoms with Crippen LogP contribution >= 0.6 is 0 Å². The molecule has 1 saturated heterocycles. The molecule has 9 heteroatoms. The van der Waals surface area contributed by atoms with E-state index in [2.05, 4.69) is 4.98 Å². The van der Waals surface area contributed by atoms with Gasteiger partial charge in [-0.1, -0.05) is 66.7 Å². The maximum absolute atomic E-state index is 13.6. The minimum atomic E-state index is -4.40. The fourth-order valence-corrected chi connectivity index (χ4v) is 4.86. The molecule has 1 fully saturated rings. The molecule has 39 heavy (non-hydrogen) atoms. The topological polar surface area (TPSA) is 53.7 Å². The molecule has 0 aliphatic carbocycles. The molecule has 196 valence electrons. The average Bonchev–Trinajstić information content (AvgIpc) is 3.41. The molecular weight excluding hydrogens is 503 g/mol. The van der Waals surface area contributed by atoms with Crippen LogP contribution in [0.3, 0.4) is 0 Å². The van der Waals surface area contributed by atoms with Gasteiger partial charge >= 0.3 is 6.18 Å². The molecule has 0 spiro atoms. The van der Waals surface area contributed by atoms with Crippen LogP contribution in [0.1, 0.15) is 16.1 Å². The quantitative estimate of drug-likeness (QED) is 0.286. The summed E-state index contributed by atoms with van der Waals surface area (Å²) in [7, 11) is 0. The summed E-state index contributed by atoms with van der Waals surface area (Å²) < 4.78 is 41.3. The van der Waals surface area contributed by atoms with Gasteiger partial charge < -0.3 is 9.80 Å².